The molecule has 8 heteroatoms. The van der Waals surface area contributed by atoms with Gasteiger partial charge in [0.1, 0.15) is 16.8 Å². The highest BCUT2D eigenvalue weighted by Crippen LogP contribution is 2.33. The van der Waals surface area contributed by atoms with Crippen molar-refractivity contribution < 1.29 is 9.53 Å². The van der Waals surface area contributed by atoms with Crippen molar-refractivity contribution in [1.29, 1.82) is 0 Å². The van der Waals surface area contributed by atoms with E-state index in [9.17, 15) is 4.79 Å². The molecule has 0 fully saturated rings. The minimum Gasteiger partial charge on any atom is -0.495 e. The van der Waals surface area contributed by atoms with Crippen LogP contribution in [-0.4, -0.2) is 28.0 Å². The number of ether oxygens (including phenoxy) is 1. The van der Waals surface area contributed by atoms with E-state index in [2.05, 4.69) is 27.6 Å². The molecular weight excluding hydrogens is 471 g/mol. The van der Waals surface area contributed by atoms with Gasteiger partial charge in [0.15, 0.2) is 0 Å². The topological polar surface area (TPSA) is 69.0 Å². The Morgan fingerprint density at radius 3 is 2.62 bits per heavy atom. The normalized spacial score (nSPS) is 11.4. The fourth-order valence-corrected chi connectivity index (χ4v) is 4.34. The highest BCUT2D eigenvalue weighted by Gasteiger charge is 2.10. The molecule has 0 spiro atoms. The van der Waals surface area contributed by atoms with Crippen molar-refractivity contribution in [3.05, 3.63) is 94.5 Å². The smallest absolute Gasteiger partial charge is 0.248 e. The molecular formula is C26H18Cl2N4O2. The number of methoxy groups -OCH3 is 1. The predicted molar refractivity (Wildman–Crippen MR) is 137 cm³/mol. The van der Waals surface area contributed by atoms with Gasteiger partial charge in [-0.3, -0.25) is 4.79 Å². The molecule has 0 aliphatic rings. The SMILES string of the molecule is COc1c(Cl)cc(Cl)cc1/C=C/C(=O)Nc1ccc2nn(-c3cccc4ccccc34)nc2c1. The first-order valence-electron chi connectivity index (χ1n) is 10.4. The number of nitrogens with one attached hydrogen (secondary N) is 1. The van der Waals surface area contributed by atoms with Crippen LogP contribution in [0.4, 0.5) is 5.69 Å². The molecule has 0 aliphatic heterocycles. The number of amides is 1. The Labute approximate surface area is 205 Å². The first-order chi connectivity index (χ1) is 16.5. The summed E-state index contributed by atoms with van der Waals surface area (Å²) in [5.41, 5.74) is 3.47. The van der Waals surface area contributed by atoms with Crippen LogP contribution in [0.15, 0.2) is 78.9 Å². The van der Waals surface area contributed by atoms with Crippen molar-refractivity contribution in [3.8, 4) is 11.4 Å². The number of fused-ring (bicyclic) bond motifs is 2. The van der Waals surface area contributed by atoms with Crippen molar-refractivity contribution in [2.24, 2.45) is 0 Å². The average Bonchev–Trinajstić information content (AvgIpc) is 3.25. The van der Waals surface area contributed by atoms with Gasteiger partial charge >= 0.3 is 0 Å². The predicted octanol–water partition coefficient (Wildman–Crippen LogP) is 6.54. The fraction of sp³-hybridized carbons (Fsp3) is 0.0385. The van der Waals surface area contributed by atoms with E-state index >= 15 is 0 Å². The molecule has 34 heavy (non-hydrogen) atoms. The van der Waals surface area contributed by atoms with Crippen LogP contribution >= 0.6 is 23.2 Å². The molecule has 4 aromatic carbocycles. The summed E-state index contributed by atoms with van der Waals surface area (Å²) in [6, 6.07) is 22.7. The van der Waals surface area contributed by atoms with Crippen molar-refractivity contribution in [1.82, 2.24) is 15.0 Å². The lowest BCUT2D eigenvalue weighted by Gasteiger charge is -2.08. The van der Waals surface area contributed by atoms with Gasteiger partial charge in [0.2, 0.25) is 5.91 Å². The Kier molecular flexibility index (Phi) is 5.92. The highest BCUT2D eigenvalue weighted by atomic mass is 35.5. The summed E-state index contributed by atoms with van der Waals surface area (Å²) in [4.78, 5) is 14.1. The molecule has 1 amide bonds. The first-order valence-corrected chi connectivity index (χ1v) is 11.1. The molecule has 0 atom stereocenters. The molecule has 1 heterocycles. The largest absolute Gasteiger partial charge is 0.495 e. The van der Waals surface area contributed by atoms with E-state index in [1.807, 2.05) is 36.4 Å². The quantitative estimate of drug-likeness (QED) is 0.285. The second-order valence-electron chi connectivity index (χ2n) is 7.52. The van der Waals surface area contributed by atoms with Crippen LogP contribution in [0, 0.1) is 0 Å². The Bertz CT molecular complexity index is 1570. The molecule has 0 bridgehead atoms. The first kappa shape index (κ1) is 21.9. The van der Waals surface area contributed by atoms with Gasteiger partial charge in [-0.05, 0) is 47.9 Å². The Morgan fingerprint density at radius 2 is 1.76 bits per heavy atom. The van der Waals surface area contributed by atoms with Gasteiger partial charge in [-0.25, -0.2) is 0 Å². The summed E-state index contributed by atoms with van der Waals surface area (Å²) >= 11 is 12.2. The lowest BCUT2D eigenvalue weighted by Crippen LogP contribution is -2.07. The van der Waals surface area contributed by atoms with Gasteiger partial charge < -0.3 is 10.1 Å². The molecule has 0 saturated carbocycles. The zero-order chi connectivity index (χ0) is 23.7. The maximum absolute atomic E-state index is 12.5. The van der Waals surface area contributed by atoms with Crippen LogP contribution in [0.25, 0.3) is 33.6 Å². The minimum absolute atomic E-state index is 0.320. The molecule has 168 valence electrons. The Morgan fingerprint density at radius 1 is 0.971 bits per heavy atom. The molecule has 5 rings (SSSR count). The zero-order valence-corrected chi connectivity index (χ0v) is 19.5. The number of nitrogens with zero attached hydrogens (tertiary/aromatic N) is 3. The van der Waals surface area contributed by atoms with Gasteiger partial charge in [0.05, 0.1) is 17.8 Å². The second kappa shape index (κ2) is 9.17. The number of benzene rings is 4. The summed E-state index contributed by atoms with van der Waals surface area (Å²) < 4.78 is 5.30. The van der Waals surface area contributed by atoms with E-state index in [0.717, 1.165) is 22.0 Å². The molecule has 0 radical (unpaired) electrons. The van der Waals surface area contributed by atoms with Crippen LogP contribution in [0.2, 0.25) is 10.0 Å². The molecule has 6 nitrogen and oxygen atoms in total. The molecule has 1 N–H and O–H groups in total. The van der Waals surface area contributed by atoms with Gasteiger partial charge in [0.25, 0.3) is 0 Å². The van der Waals surface area contributed by atoms with E-state index in [0.29, 0.717) is 32.6 Å². The number of carbonyl (C=O) groups is 1. The summed E-state index contributed by atoms with van der Waals surface area (Å²) in [6.07, 6.45) is 2.99. The number of rotatable bonds is 5. The maximum Gasteiger partial charge on any atom is 0.248 e. The Hall–Kier alpha value is -3.87. The van der Waals surface area contributed by atoms with Crippen LogP contribution < -0.4 is 10.1 Å². The number of hydrogen-bond donors (Lipinski definition) is 1. The van der Waals surface area contributed by atoms with Crippen LogP contribution in [0.5, 0.6) is 5.75 Å². The third kappa shape index (κ3) is 4.33. The summed E-state index contributed by atoms with van der Waals surface area (Å²) in [5.74, 6) is 0.125. The standard InChI is InChI=1S/C26H18Cl2N4O2/c1-34-26-17(13-18(27)14-21(26)28)9-12-25(33)29-19-10-11-22-23(15-19)31-32(30-22)24-8-4-6-16-5-2-3-7-20(16)24/h2-15H,1H3,(H,29,33)/b12-9+. The van der Waals surface area contributed by atoms with Crippen LogP contribution in [0.1, 0.15) is 5.56 Å². The van der Waals surface area contributed by atoms with E-state index in [1.165, 1.54) is 13.2 Å². The van der Waals surface area contributed by atoms with E-state index in [1.54, 1.807) is 35.1 Å². The van der Waals surface area contributed by atoms with E-state index < -0.39 is 0 Å². The van der Waals surface area contributed by atoms with Crippen LogP contribution in [-0.2, 0) is 4.79 Å². The van der Waals surface area contributed by atoms with Crippen LogP contribution in [0.3, 0.4) is 0 Å². The zero-order valence-electron chi connectivity index (χ0n) is 18.0. The lowest BCUT2D eigenvalue weighted by molar-refractivity contribution is -0.111. The van der Waals surface area contributed by atoms with Crippen molar-refractivity contribution in [3.63, 3.8) is 0 Å². The number of aromatic nitrogens is 3. The minimum atomic E-state index is -0.320. The number of hydrogen-bond acceptors (Lipinski definition) is 4. The summed E-state index contributed by atoms with van der Waals surface area (Å²) in [5, 5.41) is 15.1. The van der Waals surface area contributed by atoms with E-state index in [-0.39, 0.29) is 5.91 Å². The number of carbonyl (C=O) groups excluding carboxylic acids is 1. The highest BCUT2D eigenvalue weighted by molar-refractivity contribution is 6.36. The lowest BCUT2D eigenvalue weighted by atomic mass is 10.1. The van der Waals surface area contributed by atoms with Gasteiger partial charge in [-0.1, -0.05) is 59.6 Å². The summed E-state index contributed by atoms with van der Waals surface area (Å²) in [7, 11) is 1.51. The fourth-order valence-electron chi connectivity index (χ4n) is 3.75. The van der Waals surface area contributed by atoms with E-state index in [4.69, 9.17) is 27.9 Å². The Balaban J connectivity index is 1.39. The molecule has 0 unspecified atom stereocenters. The third-order valence-electron chi connectivity index (χ3n) is 5.29. The van der Waals surface area contributed by atoms with Crippen molar-refractivity contribution >= 4 is 62.7 Å². The number of anilines is 1. The molecule has 1 aromatic heterocycles. The van der Waals surface area contributed by atoms with Gasteiger partial charge in [0, 0.05) is 27.7 Å². The second-order valence-corrected chi connectivity index (χ2v) is 8.37. The van der Waals surface area contributed by atoms with Crippen molar-refractivity contribution in [2.75, 3.05) is 12.4 Å². The maximum atomic E-state index is 12.5. The number of halogens is 2. The molecule has 0 aliphatic carbocycles. The van der Waals surface area contributed by atoms with Gasteiger partial charge in [-0.2, -0.15) is 0 Å². The third-order valence-corrected chi connectivity index (χ3v) is 5.78. The average molecular weight is 489 g/mol. The molecule has 5 aromatic rings. The van der Waals surface area contributed by atoms with Gasteiger partial charge in [-0.15, -0.1) is 15.0 Å². The summed E-state index contributed by atoms with van der Waals surface area (Å²) in [6.45, 7) is 0. The molecule has 0 saturated heterocycles. The monoisotopic (exact) mass is 488 g/mol. The van der Waals surface area contributed by atoms with Crippen molar-refractivity contribution in [2.45, 2.75) is 0 Å².